The van der Waals surface area contributed by atoms with Gasteiger partial charge in [0, 0.05) is 12.6 Å². The molecule has 0 aliphatic carbocycles. The van der Waals surface area contributed by atoms with E-state index >= 15 is 0 Å². The van der Waals surface area contributed by atoms with Crippen molar-refractivity contribution < 1.29 is 4.79 Å². The Balaban J connectivity index is 2.73. The van der Waals surface area contributed by atoms with Gasteiger partial charge in [-0.2, -0.15) is 0 Å². The summed E-state index contributed by atoms with van der Waals surface area (Å²) in [4.78, 5) is 15.3. The first-order valence-corrected chi connectivity index (χ1v) is 4.32. The minimum Gasteiger partial charge on any atom is -0.369 e. The van der Waals surface area contributed by atoms with Gasteiger partial charge >= 0.3 is 0 Å². The number of Topliss-reactive ketones (excluding diaryl/α,β-unsaturated/α-hetero) is 1. The molecule has 0 unspecified atom stereocenters. The monoisotopic (exact) mass is 189 g/mol. The molecule has 0 saturated heterocycles. The van der Waals surface area contributed by atoms with Gasteiger partial charge in [-0.25, -0.2) is 4.98 Å². The molecule has 72 valence electrons. The van der Waals surface area contributed by atoms with Crippen LogP contribution in [0.1, 0.15) is 17.3 Å². The predicted octanol–water partition coefficient (Wildman–Crippen LogP) is 1.36. The third-order valence-corrected chi connectivity index (χ3v) is 2.32. The van der Waals surface area contributed by atoms with Crippen molar-refractivity contribution in [2.75, 3.05) is 5.73 Å². The molecule has 2 rings (SSSR count). The van der Waals surface area contributed by atoms with Crippen LogP contribution in [0.2, 0.25) is 0 Å². The van der Waals surface area contributed by atoms with E-state index in [1.54, 1.807) is 16.7 Å². The number of imidazole rings is 1. The molecule has 0 fully saturated rings. The SMILES string of the molecule is CC(=O)c1ccc2c(c1)nc(N)n2C. The van der Waals surface area contributed by atoms with Crippen molar-refractivity contribution in [1.82, 2.24) is 9.55 Å². The number of hydrogen-bond acceptors (Lipinski definition) is 3. The van der Waals surface area contributed by atoms with Crippen molar-refractivity contribution in [3.63, 3.8) is 0 Å². The number of fused-ring (bicyclic) bond motifs is 1. The lowest BCUT2D eigenvalue weighted by molar-refractivity contribution is 0.101. The van der Waals surface area contributed by atoms with Gasteiger partial charge in [0.25, 0.3) is 0 Å². The molecular weight excluding hydrogens is 178 g/mol. The molecule has 2 N–H and O–H groups in total. The van der Waals surface area contributed by atoms with Crippen LogP contribution >= 0.6 is 0 Å². The normalized spacial score (nSPS) is 10.7. The topological polar surface area (TPSA) is 60.9 Å². The van der Waals surface area contributed by atoms with Crippen LogP contribution in [-0.4, -0.2) is 15.3 Å². The Bertz CT molecular complexity index is 513. The Morgan fingerprint density at radius 2 is 2.21 bits per heavy atom. The molecule has 0 aliphatic heterocycles. The maximum Gasteiger partial charge on any atom is 0.200 e. The Kier molecular flexibility index (Phi) is 1.77. The number of hydrogen-bond donors (Lipinski definition) is 1. The van der Waals surface area contributed by atoms with Crippen LogP contribution < -0.4 is 5.73 Å². The summed E-state index contributed by atoms with van der Waals surface area (Å²) in [6.45, 7) is 1.54. The first kappa shape index (κ1) is 8.74. The molecule has 2 aromatic rings. The summed E-state index contributed by atoms with van der Waals surface area (Å²) in [5.74, 6) is 0.497. The molecule has 1 heterocycles. The molecule has 0 atom stereocenters. The van der Waals surface area contributed by atoms with Gasteiger partial charge in [0.1, 0.15) is 0 Å². The number of nitrogens with zero attached hydrogens (tertiary/aromatic N) is 2. The lowest BCUT2D eigenvalue weighted by Crippen LogP contribution is -1.96. The predicted molar refractivity (Wildman–Crippen MR) is 55.1 cm³/mol. The summed E-state index contributed by atoms with van der Waals surface area (Å²) in [5.41, 5.74) is 8.01. The highest BCUT2D eigenvalue weighted by Gasteiger charge is 2.06. The minimum absolute atomic E-state index is 0.0381. The number of aromatic nitrogens is 2. The second kappa shape index (κ2) is 2.83. The van der Waals surface area contributed by atoms with Crippen molar-refractivity contribution in [2.45, 2.75) is 6.92 Å². The van der Waals surface area contributed by atoms with E-state index in [4.69, 9.17) is 5.73 Å². The van der Waals surface area contributed by atoms with Crippen LogP contribution in [0.5, 0.6) is 0 Å². The molecular formula is C10H11N3O. The van der Waals surface area contributed by atoms with E-state index in [0.717, 1.165) is 11.0 Å². The number of benzene rings is 1. The largest absolute Gasteiger partial charge is 0.369 e. The van der Waals surface area contributed by atoms with E-state index in [1.165, 1.54) is 6.92 Å². The van der Waals surface area contributed by atoms with Gasteiger partial charge in [-0.05, 0) is 25.1 Å². The zero-order valence-corrected chi connectivity index (χ0v) is 8.11. The Morgan fingerprint density at radius 1 is 1.50 bits per heavy atom. The third kappa shape index (κ3) is 1.16. The van der Waals surface area contributed by atoms with Gasteiger partial charge in [0.05, 0.1) is 11.0 Å². The number of carbonyl (C=O) groups excluding carboxylic acids is 1. The Hall–Kier alpha value is -1.84. The fraction of sp³-hybridized carbons (Fsp3) is 0.200. The van der Waals surface area contributed by atoms with Crippen LogP contribution in [0.25, 0.3) is 11.0 Å². The number of ketones is 1. The molecule has 4 nitrogen and oxygen atoms in total. The van der Waals surface area contributed by atoms with Crippen molar-refractivity contribution in [3.8, 4) is 0 Å². The first-order valence-electron chi connectivity index (χ1n) is 4.32. The Labute approximate surface area is 81.3 Å². The molecule has 4 heteroatoms. The summed E-state index contributed by atoms with van der Waals surface area (Å²) < 4.78 is 1.79. The molecule has 0 radical (unpaired) electrons. The molecule has 0 spiro atoms. The van der Waals surface area contributed by atoms with Crippen molar-refractivity contribution in [3.05, 3.63) is 23.8 Å². The maximum atomic E-state index is 11.1. The second-order valence-corrected chi connectivity index (χ2v) is 3.29. The van der Waals surface area contributed by atoms with E-state index in [9.17, 15) is 4.79 Å². The quantitative estimate of drug-likeness (QED) is 0.689. The van der Waals surface area contributed by atoms with Crippen molar-refractivity contribution >= 4 is 22.8 Å². The average molecular weight is 189 g/mol. The minimum atomic E-state index is 0.0381. The maximum absolute atomic E-state index is 11.1. The highest BCUT2D eigenvalue weighted by atomic mass is 16.1. The smallest absolute Gasteiger partial charge is 0.200 e. The van der Waals surface area contributed by atoms with E-state index in [2.05, 4.69) is 4.98 Å². The van der Waals surface area contributed by atoms with Crippen LogP contribution in [0, 0.1) is 0 Å². The van der Waals surface area contributed by atoms with Gasteiger partial charge in [0.15, 0.2) is 5.78 Å². The number of nitrogens with two attached hydrogens (primary N) is 1. The first-order chi connectivity index (χ1) is 6.59. The average Bonchev–Trinajstić information content (AvgIpc) is 2.42. The second-order valence-electron chi connectivity index (χ2n) is 3.29. The number of nitrogen functional groups attached to an aromatic ring is 1. The van der Waals surface area contributed by atoms with Gasteiger partial charge in [0.2, 0.25) is 5.95 Å². The van der Waals surface area contributed by atoms with E-state index in [-0.39, 0.29) is 5.78 Å². The van der Waals surface area contributed by atoms with E-state index in [1.807, 2.05) is 13.1 Å². The molecule has 0 amide bonds. The fourth-order valence-corrected chi connectivity index (χ4v) is 1.44. The molecule has 0 aliphatic rings. The van der Waals surface area contributed by atoms with Gasteiger partial charge < -0.3 is 10.3 Å². The Morgan fingerprint density at radius 3 is 2.86 bits per heavy atom. The van der Waals surface area contributed by atoms with Crippen LogP contribution in [0.15, 0.2) is 18.2 Å². The molecule has 14 heavy (non-hydrogen) atoms. The number of rotatable bonds is 1. The van der Waals surface area contributed by atoms with Crippen LogP contribution in [-0.2, 0) is 7.05 Å². The molecule has 0 bridgehead atoms. The highest BCUT2D eigenvalue weighted by Crippen LogP contribution is 2.17. The third-order valence-electron chi connectivity index (χ3n) is 2.32. The highest BCUT2D eigenvalue weighted by molar-refractivity contribution is 5.97. The molecule has 1 aromatic carbocycles. The summed E-state index contributed by atoms with van der Waals surface area (Å²) in [6, 6.07) is 5.40. The zero-order chi connectivity index (χ0) is 10.3. The van der Waals surface area contributed by atoms with Crippen molar-refractivity contribution in [1.29, 1.82) is 0 Å². The number of carbonyl (C=O) groups is 1. The fourth-order valence-electron chi connectivity index (χ4n) is 1.44. The standard InChI is InChI=1S/C10H11N3O/c1-6(14)7-3-4-9-8(5-7)12-10(11)13(9)2/h3-5H,1-2H3,(H2,11,12). The van der Waals surface area contributed by atoms with E-state index in [0.29, 0.717) is 11.5 Å². The van der Waals surface area contributed by atoms with E-state index < -0.39 is 0 Å². The molecule has 0 saturated carbocycles. The lowest BCUT2D eigenvalue weighted by Gasteiger charge is -1.97. The van der Waals surface area contributed by atoms with Crippen LogP contribution in [0.3, 0.4) is 0 Å². The summed E-state index contributed by atoms with van der Waals surface area (Å²) in [7, 11) is 1.85. The summed E-state index contributed by atoms with van der Waals surface area (Å²) in [6.07, 6.45) is 0. The number of aryl methyl sites for hydroxylation is 1. The summed E-state index contributed by atoms with van der Waals surface area (Å²) in [5, 5.41) is 0. The van der Waals surface area contributed by atoms with Gasteiger partial charge in [-0.15, -0.1) is 0 Å². The van der Waals surface area contributed by atoms with Crippen LogP contribution in [0.4, 0.5) is 5.95 Å². The molecule has 1 aromatic heterocycles. The van der Waals surface area contributed by atoms with Gasteiger partial charge in [-0.1, -0.05) is 0 Å². The van der Waals surface area contributed by atoms with Gasteiger partial charge in [-0.3, -0.25) is 4.79 Å². The summed E-state index contributed by atoms with van der Waals surface area (Å²) >= 11 is 0. The number of anilines is 1. The van der Waals surface area contributed by atoms with Crippen molar-refractivity contribution in [2.24, 2.45) is 7.05 Å². The zero-order valence-electron chi connectivity index (χ0n) is 8.11. The lowest BCUT2D eigenvalue weighted by atomic mass is 10.1.